The molecule has 1 saturated carbocycles. The first kappa shape index (κ1) is 14.4. The first-order chi connectivity index (χ1) is 9.00. The van der Waals surface area contributed by atoms with Gasteiger partial charge in [0, 0.05) is 6.04 Å². The molecule has 106 valence electrons. The molecule has 2 rings (SSSR count). The lowest BCUT2D eigenvalue weighted by Crippen LogP contribution is -2.38. The van der Waals surface area contributed by atoms with E-state index < -0.39 is 0 Å². The Hall–Kier alpha value is -1.02. The summed E-state index contributed by atoms with van der Waals surface area (Å²) in [6.45, 7) is 4.77. The highest BCUT2D eigenvalue weighted by molar-refractivity contribution is 5.26. The van der Waals surface area contributed by atoms with Gasteiger partial charge in [0.2, 0.25) is 0 Å². The van der Waals surface area contributed by atoms with Crippen molar-refractivity contribution in [1.29, 1.82) is 0 Å². The Kier molecular flexibility index (Phi) is 4.51. The Bertz CT molecular complexity index is 386. The van der Waals surface area contributed by atoms with Gasteiger partial charge in [-0.25, -0.2) is 0 Å². The lowest BCUT2D eigenvalue weighted by molar-refractivity contribution is 0.163. The Balaban J connectivity index is 1.95. The van der Waals surface area contributed by atoms with Crippen molar-refractivity contribution < 1.29 is 5.11 Å². The first-order valence-corrected chi connectivity index (χ1v) is 7.45. The van der Waals surface area contributed by atoms with Gasteiger partial charge in [-0.05, 0) is 68.2 Å². The Morgan fingerprint density at radius 1 is 1.21 bits per heavy atom. The Morgan fingerprint density at radius 3 is 2.32 bits per heavy atom. The SMILES string of the molecule is CNC(Cc1ccc(O)cc1)C1CCC(C)(C)CC1. The lowest BCUT2D eigenvalue weighted by Gasteiger charge is -2.38. The number of likely N-dealkylation sites (N-methyl/N-ethyl adjacent to an activating group) is 1. The molecule has 1 aliphatic rings. The second kappa shape index (κ2) is 5.96. The van der Waals surface area contributed by atoms with E-state index in [4.69, 9.17) is 0 Å². The van der Waals surface area contributed by atoms with Crippen molar-refractivity contribution in [1.82, 2.24) is 5.32 Å². The number of rotatable bonds is 4. The average molecular weight is 261 g/mol. The minimum Gasteiger partial charge on any atom is -0.508 e. The molecule has 19 heavy (non-hydrogen) atoms. The predicted octanol–water partition coefficient (Wildman–Crippen LogP) is 3.74. The molecule has 1 aliphatic carbocycles. The highest BCUT2D eigenvalue weighted by Gasteiger charge is 2.30. The molecule has 0 aliphatic heterocycles. The van der Waals surface area contributed by atoms with Gasteiger partial charge in [-0.3, -0.25) is 0 Å². The molecule has 0 saturated heterocycles. The van der Waals surface area contributed by atoms with Crippen LogP contribution in [0.15, 0.2) is 24.3 Å². The van der Waals surface area contributed by atoms with Crippen molar-refractivity contribution in [3.63, 3.8) is 0 Å². The van der Waals surface area contributed by atoms with Crippen molar-refractivity contribution in [3.05, 3.63) is 29.8 Å². The van der Waals surface area contributed by atoms with E-state index in [1.54, 1.807) is 12.1 Å². The summed E-state index contributed by atoms with van der Waals surface area (Å²) in [5.41, 5.74) is 1.84. The van der Waals surface area contributed by atoms with Crippen LogP contribution in [0.3, 0.4) is 0 Å². The molecular formula is C17H27NO. The largest absolute Gasteiger partial charge is 0.508 e. The zero-order valence-electron chi connectivity index (χ0n) is 12.4. The number of nitrogens with one attached hydrogen (secondary N) is 1. The van der Waals surface area contributed by atoms with Crippen LogP contribution in [0.25, 0.3) is 0 Å². The standard InChI is InChI=1S/C17H27NO/c1-17(2)10-8-14(9-11-17)16(18-3)12-13-4-6-15(19)7-5-13/h4-7,14,16,18-19H,8-12H2,1-3H3. The van der Waals surface area contributed by atoms with Gasteiger partial charge < -0.3 is 10.4 Å². The van der Waals surface area contributed by atoms with Crippen molar-refractivity contribution in [2.45, 2.75) is 52.0 Å². The fourth-order valence-electron chi connectivity index (χ4n) is 3.21. The van der Waals surface area contributed by atoms with Crippen LogP contribution >= 0.6 is 0 Å². The molecule has 1 unspecified atom stereocenters. The van der Waals surface area contributed by atoms with Crippen LogP contribution in [0.2, 0.25) is 0 Å². The van der Waals surface area contributed by atoms with E-state index in [0.717, 1.165) is 12.3 Å². The maximum atomic E-state index is 9.34. The number of aromatic hydroxyl groups is 1. The molecule has 0 heterocycles. The summed E-state index contributed by atoms with van der Waals surface area (Å²) in [7, 11) is 2.07. The molecule has 0 spiro atoms. The van der Waals surface area contributed by atoms with E-state index in [-0.39, 0.29) is 0 Å². The monoisotopic (exact) mass is 261 g/mol. The van der Waals surface area contributed by atoms with Crippen molar-refractivity contribution in [2.24, 2.45) is 11.3 Å². The van der Waals surface area contributed by atoms with Gasteiger partial charge in [0.05, 0.1) is 0 Å². The maximum absolute atomic E-state index is 9.34. The van der Waals surface area contributed by atoms with Gasteiger partial charge in [-0.15, -0.1) is 0 Å². The van der Waals surface area contributed by atoms with Gasteiger partial charge >= 0.3 is 0 Å². The molecular weight excluding hydrogens is 234 g/mol. The topological polar surface area (TPSA) is 32.3 Å². The summed E-state index contributed by atoms with van der Waals surface area (Å²) in [6.07, 6.45) is 6.39. The zero-order valence-corrected chi connectivity index (χ0v) is 12.4. The van der Waals surface area contributed by atoms with E-state index in [2.05, 4.69) is 26.2 Å². The normalized spacial score (nSPS) is 21.2. The summed E-state index contributed by atoms with van der Waals surface area (Å²) in [4.78, 5) is 0. The van der Waals surface area contributed by atoms with Gasteiger partial charge in [0.1, 0.15) is 5.75 Å². The van der Waals surface area contributed by atoms with Crippen LogP contribution in [0.4, 0.5) is 0 Å². The Morgan fingerprint density at radius 2 is 1.79 bits per heavy atom. The molecule has 0 aromatic heterocycles. The summed E-state index contributed by atoms with van der Waals surface area (Å²) < 4.78 is 0. The van der Waals surface area contributed by atoms with E-state index in [9.17, 15) is 5.11 Å². The van der Waals surface area contributed by atoms with E-state index in [1.165, 1.54) is 31.2 Å². The van der Waals surface area contributed by atoms with Crippen LogP contribution < -0.4 is 5.32 Å². The van der Waals surface area contributed by atoms with Crippen molar-refractivity contribution in [3.8, 4) is 5.75 Å². The van der Waals surface area contributed by atoms with Crippen LogP contribution in [0, 0.1) is 11.3 Å². The van der Waals surface area contributed by atoms with E-state index in [1.807, 2.05) is 12.1 Å². The van der Waals surface area contributed by atoms with Crippen LogP contribution in [-0.2, 0) is 6.42 Å². The molecule has 0 bridgehead atoms. The molecule has 1 aromatic rings. The van der Waals surface area contributed by atoms with Crippen molar-refractivity contribution in [2.75, 3.05) is 7.05 Å². The quantitative estimate of drug-likeness (QED) is 0.865. The summed E-state index contributed by atoms with van der Waals surface area (Å²) in [5, 5.41) is 12.8. The molecule has 2 N–H and O–H groups in total. The third kappa shape index (κ3) is 3.97. The second-order valence-corrected chi connectivity index (χ2v) is 6.77. The highest BCUT2D eigenvalue weighted by atomic mass is 16.3. The summed E-state index contributed by atoms with van der Waals surface area (Å²) in [6, 6.07) is 8.19. The molecule has 0 amide bonds. The molecule has 1 atom stereocenters. The minimum atomic E-state index is 0.351. The van der Waals surface area contributed by atoms with Crippen LogP contribution in [-0.4, -0.2) is 18.2 Å². The third-order valence-corrected chi connectivity index (χ3v) is 4.72. The molecule has 0 radical (unpaired) electrons. The highest BCUT2D eigenvalue weighted by Crippen LogP contribution is 2.39. The van der Waals surface area contributed by atoms with Gasteiger partial charge in [0.25, 0.3) is 0 Å². The number of hydrogen-bond acceptors (Lipinski definition) is 2. The fraction of sp³-hybridized carbons (Fsp3) is 0.647. The number of phenolic OH excluding ortho intramolecular Hbond substituents is 1. The average Bonchev–Trinajstić information content (AvgIpc) is 2.39. The second-order valence-electron chi connectivity index (χ2n) is 6.77. The zero-order chi connectivity index (χ0) is 13.9. The van der Waals surface area contributed by atoms with Gasteiger partial charge in [0.15, 0.2) is 0 Å². The summed E-state index contributed by atoms with van der Waals surface area (Å²) in [5.74, 6) is 1.14. The smallest absolute Gasteiger partial charge is 0.115 e. The van der Waals surface area contributed by atoms with Gasteiger partial charge in [-0.2, -0.15) is 0 Å². The fourth-order valence-corrected chi connectivity index (χ4v) is 3.21. The van der Waals surface area contributed by atoms with Gasteiger partial charge in [-0.1, -0.05) is 26.0 Å². The lowest BCUT2D eigenvalue weighted by atomic mass is 9.70. The minimum absolute atomic E-state index is 0.351. The van der Waals surface area contributed by atoms with E-state index in [0.29, 0.717) is 17.2 Å². The van der Waals surface area contributed by atoms with Crippen LogP contribution in [0.1, 0.15) is 45.1 Å². The molecule has 1 fully saturated rings. The number of benzene rings is 1. The maximum Gasteiger partial charge on any atom is 0.115 e. The molecule has 2 heteroatoms. The first-order valence-electron chi connectivity index (χ1n) is 7.45. The van der Waals surface area contributed by atoms with Crippen molar-refractivity contribution >= 4 is 0 Å². The number of hydrogen-bond donors (Lipinski definition) is 2. The Labute approximate surface area is 117 Å². The molecule has 2 nitrogen and oxygen atoms in total. The predicted molar refractivity (Wildman–Crippen MR) is 80.4 cm³/mol. The van der Waals surface area contributed by atoms with Crippen LogP contribution in [0.5, 0.6) is 5.75 Å². The number of phenols is 1. The summed E-state index contributed by atoms with van der Waals surface area (Å²) >= 11 is 0. The molecule has 1 aromatic carbocycles. The van der Waals surface area contributed by atoms with E-state index >= 15 is 0 Å². The third-order valence-electron chi connectivity index (χ3n) is 4.72.